The van der Waals surface area contributed by atoms with Crippen molar-refractivity contribution in [2.75, 3.05) is 0 Å². The highest BCUT2D eigenvalue weighted by Gasteiger charge is 2.40. The van der Waals surface area contributed by atoms with E-state index in [1.54, 1.807) is 13.8 Å². The van der Waals surface area contributed by atoms with Gasteiger partial charge in [-0.15, -0.1) is 11.8 Å². The third-order valence-corrected chi connectivity index (χ3v) is 2.82. The lowest BCUT2D eigenvalue weighted by Gasteiger charge is -2.23. The van der Waals surface area contributed by atoms with Crippen LogP contribution in [0.4, 0.5) is 13.2 Å². The zero-order valence-corrected chi connectivity index (χ0v) is 9.30. The first-order chi connectivity index (χ1) is 5.73. The average Bonchev–Trinajstić information content (AvgIpc) is 1.81. The first-order valence-corrected chi connectivity index (χ1v) is 5.40. The molecule has 0 nitrogen and oxygen atoms in total. The van der Waals surface area contributed by atoms with E-state index in [-0.39, 0.29) is 17.6 Å². The Morgan fingerprint density at radius 1 is 1.08 bits per heavy atom. The predicted molar refractivity (Wildman–Crippen MR) is 52.0 cm³/mol. The molecule has 0 spiro atoms. The van der Waals surface area contributed by atoms with Crippen LogP contribution in [-0.2, 0) is 0 Å². The van der Waals surface area contributed by atoms with Gasteiger partial charge in [-0.3, -0.25) is 0 Å². The molecule has 0 radical (unpaired) electrons. The van der Waals surface area contributed by atoms with Gasteiger partial charge in [0, 0.05) is 0 Å². The summed E-state index contributed by atoms with van der Waals surface area (Å²) in [4.78, 5) is 0. The summed E-state index contributed by atoms with van der Waals surface area (Å²) < 4.78 is 37.3. The minimum absolute atomic E-state index is 0.0328. The summed E-state index contributed by atoms with van der Waals surface area (Å²) in [5.74, 6) is 0.0953. The summed E-state index contributed by atoms with van der Waals surface area (Å²) in [6.07, 6.45) is -3.84. The monoisotopic (exact) mass is 214 g/mol. The zero-order chi connectivity index (χ0) is 10.6. The van der Waals surface area contributed by atoms with E-state index in [4.69, 9.17) is 0 Å². The van der Waals surface area contributed by atoms with Gasteiger partial charge in [0.25, 0.3) is 0 Å². The molecule has 0 unspecified atom stereocenters. The van der Waals surface area contributed by atoms with E-state index >= 15 is 0 Å². The van der Waals surface area contributed by atoms with Crippen LogP contribution in [0, 0.1) is 5.92 Å². The maximum atomic E-state index is 12.4. The lowest BCUT2D eigenvalue weighted by Crippen LogP contribution is -2.28. The highest BCUT2D eigenvalue weighted by molar-refractivity contribution is 8.00. The summed E-state index contributed by atoms with van der Waals surface area (Å²) >= 11 is 1.01. The van der Waals surface area contributed by atoms with Crippen molar-refractivity contribution in [2.45, 2.75) is 50.8 Å². The molecule has 0 rings (SSSR count). The minimum atomic E-state index is -4.06. The fourth-order valence-electron chi connectivity index (χ4n) is 1.02. The molecule has 0 aliphatic heterocycles. The summed E-state index contributed by atoms with van der Waals surface area (Å²) in [5, 5.41) is -1.17. The number of rotatable bonds is 4. The van der Waals surface area contributed by atoms with Crippen LogP contribution in [0.25, 0.3) is 0 Å². The quantitative estimate of drug-likeness (QED) is 0.678. The van der Waals surface area contributed by atoms with E-state index in [0.717, 1.165) is 11.8 Å². The minimum Gasteiger partial charge on any atom is -0.170 e. The Kier molecular flexibility index (Phi) is 5.18. The smallest absolute Gasteiger partial charge is 0.170 e. The summed E-state index contributed by atoms with van der Waals surface area (Å²) in [6.45, 7) is 7.23. The molecule has 0 aromatic heterocycles. The topological polar surface area (TPSA) is 0 Å². The molecule has 0 bridgehead atoms. The second-order valence-electron chi connectivity index (χ2n) is 3.84. The second kappa shape index (κ2) is 5.13. The average molecular weight is 214 g/mol. The van der Waals surface area contributed by atoms with Crippen LogP contribution in [0.2, 0.25) is 0 Å². The Labute approximate surface area is 82.3 Å². The molecule has 0 saturated heterocycles. The molecule has 0 saturated carbocycles. The Morgan fingerprint density at radius 3 is 1.77 bits per heavy atom. The van der Waals surface area contributed by atoms with Gasteiger partial charge >= 0.3 is 6.18 Å². The Hall–Kier alpha value is 0.140. The van der Waals surface area contributed by atoms with Gasteiger partial charge in [0.2, 0.25) is 0 Å². The van der Waals surface area contributed by atoms with Crippen molar-refractivity contribution in [1.29, 1.82) is 0 Å². The number of hydrogen-bond acceptors (Lipinski definition) is 1. The molecule has 0 aliphatic carbocycles. The van der Waals surface area contributed by atoms with Crippen LogP contribution in [-0.4, -0.2) is 16.7 Å². The number of halogens is 3. The van der Waals surface area contributed by atoms with E-state index in [0.29, 0.717) is 0 Å². The summed E-state index contributed by atoms with van der Waals surface area (Å²) in [5.41, 5.74) is 0. The van der Waals surface area contributed by atoms with Gasteiger partial charge in [-0.2, -0.15) is 13.2 Å². The van der Waals surface area contributed by atoms with Gasteiger partial charge in [0.15, 0.2) is 0 Å². The molecule has 0 aromatic rings. The van der Waals surface area contributed by atoms with Gasteiger partial charge < -0.3 is 0 Å². The number of thioether (sulfide) groups is 1. The molecule has 80 valence electrons. The van der Waals surface area contributed by atoms with Crippen LogP contribution in [0.3, 0.4) is 0 Å². The maximum absolute atomic E-state index is 12.4. The molecule has 1 atom stereocenters. The number of hydrogen-bond donors (Lipinski definition) is 0. The lowest BCUT2D eigenvalue weighted by molar-refractivity contribution is -0.131. The van der Waals surface area contributed by atoms with Gasteiger partial charge in [-0.25, -0.2) is 0 Å². The van der Waals surface area contributed by atoms with E-state index in [1.807, 2.05) is 13.8 Å². The van der Waals surface area contributed by atoms with Crippen LogP contribution in [0.15, 0.2) is 0 Å². The molecule has 0 fully saturated rings. The SMILES string of the molecule is CC(C)C[C@@H](SC(C)C)C(F)(F)F. The standard InChI is InChI=1S/C9H17F3S/c1-6(2)5-8(9(10,11)12)13-7(3)4/h6-8H,5H2,1-4H3/t8-/m1/s1. The Bertz CT molecular complexity index is 130. The Balaban J connectivity index is 4.20. The van der Waals surface area contributed by atoms with E-state index in [9.17, 15) is 13.2 Å². The third-order valence-electron chi connectivity index (χ3n) is 1.49. The fourth-order valence-corrected chi connectivity index (χ4v) is 2.33. The van der Waals surface area contributed by atoms with Crippen molar-refractivity contribution in [3.05, 3.63) is 0 Å². The maximum Gasteiger partial charge on any atom is 0.400 e. The van der Waals surface area contributed by atoms with Gasteiger partial charge in [0.05, 0.1) is 0 Å². The van der Waals surface area contributed by atoms with Crippen molar-refractivity contribution in [3.63, 3.8) is 0 Å². The predicted octanol–water partition coefficient (Wildman–Crippen LogP) is 4.11. The van der Waals surface area contributed by atoms with Crippen LogP contribution >= 0.6 is 11.8 Å². The van der Waals surface area contributed by atoms with Crippen molar-refractivity contribution in [3.8, 4) is 0 Å². The van der Waals surface area contributed by atoms with Crippen molar-refractivity contribution in [2.24, 2.45) is 5.92 Å². The first kappa shape index (κ1) is 13.1. The molecule has 0 heterocycles. The van der Waals surface area contributed by atoms with Crippen LogP contribution in [0.1, 0.15) is 34.1 Å². The largest absolute Gasteiger partial charge is 0.400 e. The fraction of sp³-hybridized carbons (Fsp3) is 1.00. The molecule has 0 N–H and O–H groups in total. The van der Waals surface area contributed by atoms with Gasteiger partial charge in [-0.1, -0.05) is 27.7 Å². The molecule has 0 aromatic carbocycles. The summed E-state index contributed by atoms with van der Waals surface area (Å²) in [6, 6.07) is 0. The van der Waals surface area contributed by atoms with Gasteiger partial charge in [0.1, 0.15) is 5.25 Å². The highest BCUT2D eigenvalue weighted by atomic mass is 32.2. The van der Waals surface area contributed by atoms with Crippen molar-refractivity contribution < 1.29 is 13.2 Å². The van der Waals surface area contributed by atoms with Crippen molar-refractivity contribution >= 4 is 11.8 Å². The lowest BCUT2D eigenvalue weighted by atomic mass is 10.1. The third kappa shape index (κ3) is 6.24. The van der Waals surface area contributed by atoms with Crippen molar-refractivity contribution in [1.82, 2.24) is 0 Å². The molecule has 0 amide bonds. The first-order valence-electron chi connectivity index (χ1n) is 4.45. The van der Waals surface area contributed by atoms with E-state index < -0.39 is 11.4 Å². The molecule has 0 aliphatic rings. The van der Waals surface area contributed by atoms with Gasteiger partial charge in [-0.05, 0) is 17.6 Å². The highest BCUT2D eigenvalue weighted by Crippen LogP contribution is 2.36. The Morgan fingerprint density at radius 2 is 1.54 bits per heavy atom. The van der Waals surface area contributed by atoms with E-state index in [1.165, 1.54) is 0 Å². The zero-order valence-electron chi connectivity index (χ0n) is 8.48. The van der Waals surface area contributed by atoms with Crippen LogP contribution in [0.5, 0.6) is 0 Å². The second-order valence-corrected chi connectivity index (χ2v) is 5.63. The molecule has 4 heteroatoms. The number of alkyl halides is 3. The normalized spacial score (nSPS) is 15.5. The van der Waals surface area contributed by atoms with Crippen LogP contribution < -0.4 is 0 Å². The molecular formula is C9H17F3S. The summed E-state index contributed by atoms with van der Waals surface area (Å²) in [7, 11) is 0. The molecular weight excluding hydrogens is 197 g/mol. The molecule has 13 heavy (non-hydrogen) atoms. The van der Waals surface area contributed by atoms with E-state index in [2.05, 4.69) is 0 Å².